The Balaban J connectivity index is 1.46. The average molecular weight is 473 g/mol. The quantitative estimate of drug-likeness (QED) is 0.338. The molecule has 0 amide bonds. The molecule has 6 rings (SSSR count). The van der Waals surface area contributed by atoms with E-state index in [9.17, 15) is 24.9 Å². The third kappa shape index (κ3) is 2.57. The second kappa shape index (κ2) is 6.81. The van der Waals surface area contributed by atoms with Crippen molar-refractivity contribution in [2.75, 3.05) is 0 Å². The molecule has 1 aromatic heterocycles. The smallest absolute Gasteiger partial charge is 0.335 e. The molecule has 0 bridgehead atoms. The van der Waals surface area contributed by atoms with Gasteiger partial charge >= 0.3 is 11.6 Å². The molecule has 0 unspecified atom stereocenters. The summed E-state index contributed by atoms with van der Waals surface area (Å²) in [5.41, 5.74) is -3.13. The molecular weight excluding hydrogens is 440 g/mol. The number of esters is 1. The molecule has 184 valence electrons. The molecule has 8 nitrogen and oxygen atoms in total. The number of rotatable bonds is 2. The van der Waals surface area contributed by atoms with Crippen molar-refractivity contribution in [1.82, 2.24) is 0 Å². The van der Waals surface area contributed by atoms with Crippen molar-refractivity contribution >= 4 is 5.97 Å². The Morgan fingerprint density at radius 3 is 2.62 bits per heavy atom. The summed E-state index contributed by atoms with van der Waals surface area (Å²) in [5, 5.41) is 35.5. The van der Waals surface area contributed by atoms with Crippen LogP contribution in [0.2, 0.25) is 0 Å². The van der Waals surface area contributed by atoms with Gasteiger partial charge in [0.2, 0.25) is 0 Å². The van der Waals surface area contributed by atoms with Crippen LogP contribution in [-0.2, 0) is 14.3 Å². The van der Waals surface area contributed by atoms with Gasteiger partial charge in [0.1, 0.15) is 23.9 Å². The van der Waals surface area contributed by atoms with Crippen molar-refractivity contribution < 1.29 is 34.0 Å². The first-order valence-corrected chi connectivity index (χ1v) is 12.2. The van der Waals surface area contributed by atoms with Crippen LogP contribution >= 0.6 is 0 Å². The molecule has 0 spiro atoms. The van der Waals surface area contributed by atoms with Gasteiger partial charge in [0.05, 0.1) is 18.0 Å². The van der Waals surface area contributed by atoms with Crippen LogP contribution in [0, 0.1) is 16.7 Å². The lowest BCUT2D eigenvalue weighted by atomic mass is 9.42. The highest BCUT2D eigenvalue weighted by Gasteiger charge is 2.78. The SMILES string of the molecule is CC(=O)O[C@H]1C[C@]2(O)[C@H](CC[C@]3(C)[C@H](c4ccc(=O)oc4)CC[C@]32O)[C@]2(C)C1=C[C@H](O)[C@H]1O[C@@H]12. The minimum absolute atomic E-state index is 0.0610. The lowest BCUT2D eigenvalue weighted by Gasteiger charge is -2.66. The van der Waals surface area contributed by atoms with Gasteiger partial charge in [-0.05, 0) is 54.9 Å². The molecule has 3 saturated carbocycles. The van der Waals surface area contributed by atoms with E-state index in [0.717, 1.165) is 11.1 Å². The second-order valence-electron chi connectivity index (χ2n) is 11.5. The summed E-state index contributed by atoms with van der Waals surface area (Å²) in [6, 6.07) is 3.14. The van der Waals surface area contributed by atoms with Crippen molar-refractivity contribution in [2.45, 2.75) is 94.4 Å². The van der Waals surface area contributed by atoms with E-state index in [2.05, 4.69) is 0 Å². The standard InChI is InChI=1S/C26H32O8/c1-13(27)33-18-11-25(30)19(24(3)16(18)10-17(28)21-22(24)34-21)7-8-23(2)15(6-9-26(23,25)31)14-4-5-20(29)32-12-14/h4-5,10,12,15,17-19,21-22,28,30-31H,6-9,11H2,1-3H3/t15-,17-,18-,19+,21+,22-,23+,24-,25-,26-/m0/s1. The van der Waals surface area contributed by atoms with E-state index in [1.165, 1.54) is 19.3 Å². The zero-order valence-electron chi connectivity index (χ0n) is 19.7. The molecule has 4 aliphatic carbocycles. The summed E-state index contributed by atoms with van der Waals surface area (Å²) < 4.78 is 16.7. The fourth-order valence-corrected chi connectivity index (χ4v) is 8.56. The summed E-state index contributed by atoms with van der Waals surface area (Å²) >= 11 is 0. The fraction of sp³-hybridized carbons (Fsp3) is 0.692. The van der Waals surface area contributed by atoms with Gasteiger partial charge in [0.15, 0.2) is 0 Å². The molecule has 1 saturated heterocycles. The normalized spacial score (nSPS) is 50.8. The van der Waals surface area contributed by atoms with Gasteiger partial charge in [-0.2, -0.15) is 0 Å². The van der Waals surface area contributed by atoms with Gasteiger partial charge in [-0.3, -0.25) is 4.79 Å². The molecule has 2 heterocycles. The van der Waals surface area contributed by atoms with E-state index in [1.54, 1.807) is 12.1 Å². The molecule has 4 fully saturated rings. The number of hydrogen-bond donors (Lipinski definition) is 3. The molecule has 5 aliphatic rings. The Morgan fingerprint density at radius 2 is 1.94 bits per heavy atom. The summed E-state index contributed by atoms with van der Waals surface area (Å²) in [4.78, 5) is 23.6. The summed E-state index contributed by atoms with van der Waals surface area (Å²) in [7, 11) is 0. The summed E-state index contributed by atoms with van der Waals surface area (Å²) in [5.74, 6) is -0.897. The molecule has 10 atom stereocenters. The van der Waals surface area contributed by atoms with Crippen LogP contribution in [0.1, 0.15) is 64.4 Å². The average Bonchev–Trinajstić information content (AvgIpc) is 3.53. The highest BCUT2D eigenvalue weighted by atomic mass is 16.6. The highest BCUT2D eigenvalue weighted by molar-refractivity contribution is 5.67. The van der Waals surface area contributed by atoms with Crippen molar-refractivity contribution in [3.05, 3.63) is 46.0 Å². The van der Waals surface area contributed by atoms with Crippen LogP contribution in [0.25, 0.3) is 0 Å². The Morgan fingerprint density at radius 1 is 1.18 bits per heavy atom. The van der Waals surface area contributed by atoms with Gasteiger partial charge < -0.3 is 29.2 Å². The summed E-state index contributed by atoms with van der Waals surface area (Å²) in [6.07, 6.45) is 3.40. The maximum Gasteiger partial charge on any atom is 0.335 e. The third-order valence-corrected chi connectivity index (χ3v) is 10.2. The first-order chi connectivity index (χ1) is 16.0. The number of carbonyl (C=O) groups excluding carboxylic acids is 1. The van der Waals surface area contributed by atoms with E-state index in [0.29, 0.717) is 25.7 Å². The van der Waals surface area contributed by atoms with E-state index in [1.807, 2.05) is 13.8 Å². The van der Waals surface area contributed by atoms with Gasteiger partial charge in [-0.15, -0.1) is 0 Å². The molecule has 3 N–H and O–H groups in total. The first kappa shape index (κ1) is 22.5. The van der Waals surface area contributed by atoms with Crippen LogP contribution in [0.3, 0.4) is 0 Å². The Labute approximate surface area is 197 Å². The van der Waals surface area contributed by atoms with E-state index in [4.69, 9.17) is 13.9 Å². The number of hydrogen-bond acceptors (Lipinski definition) is 8. The number of carbonyl (C=O) groups is 1. The predicted molar refractivity (Wildman–Crippen MR) is 119 cm³/mol. The minimum Gasteiger partial charge on any atom is -0.458 e. The number of fused-ring (bicyclic) bond motifs is 7. The van der Waals surface area contributed by atoms with E-state index in [-0.39, 0.29) is 30.5 Å². The Hall–Kier alpha value is -2.00. The maximum absolute atomic E-state index is 12.5. The zero-order valence-corrected chi connectivity index (χ0v) is 19.7. The Kier molecular flexibility index (Phi) is 4.50. The lowest BCUT2D eigenvalue weighted by molar-refractivity contribution is -0.285. The second-order valence-corrected chi connectivity index (χ2v) is 11.5. The Bertz CT molecular complexity index is 1120. The molecule has 1 aromatic rings. The van der Waals surface area contributed by atoms with Crippen LogP contribution in [0.4, 0.5) is 0 Å². The first-order valence-electron chi connectivity index (χ1n) is 12.2. The summed E-state index contributed by atoms with van der Waals surface area (Å²) in [6.45, 7) is 5.36. The van der Waals surface area contributed by atoms with Crippen molar-refractivity contribution in [1.29, 1.82) is 0 Å². The van der Waals surface area contributed by atoms with Gasteiger partial charge in [0.25, 0.3) is 0 Å². The topological polar surface area (TPSA) is 130 Å². The maximum atomic E-state index is 12.5. The van der Waals surface area contributed by atoms with Crippen molar-refractivity contribution in [3.63, 3.8) is 0 Å². The molecule has 0 radical (unpaired) electrons. The van der Waals surface area contributed by atoms with Crippen LogP contribution in [0.5, 0.6) is 0 Å². The third-order valence-electron chi connectivity index (χ3n) is 10.2. The van der Waals surface area contributed by atoms with Gasteiger partial charge in [-0.25, -0.2) is 4.79 Å². The van der Waals surface area contributed by atoms with Crippen LogP contribution < -0.4 is 5.63 Å². The number of aliphatic hydroxyl groups is 3. The van der Waals surface area contributed by atoms with E-state index < -0.39 is 45.8 Å². The van der Waals surface area contributed by atoms with Crippen molar-refractivity contribution in [2.24, 2.45) is 16.7 Å². The van der Waals surface area contributed by atoms with E-state index >= 15 is 0 Å². The lowest BCUT2D eigenvalue weighted by Crippen LogP contribution is -2.74. The molecule has 34 heavy (non-hydrogen) atoms. The molecule has 1 aliphatic heterocycles. The molecule has 8 heteroatoms. The highest BCUT2D eigenvalue weighted by Crippen LogP contribution is 2.73. The monoisotopic (exact) mass is 472 g/mol. The minimum atomic E-state index is -1.53. The molecule has 0 aromatic carbocycles. The zero-order chi connectivity index (χ0) is 24.3. The van der Waals surface area contributed by atoms with Crippen LogP contribution in [-0.4, -0.2) is 56.9 Å². The van der Waals surface area contributed by atoms with Gasteiger partial charge in [0, 0.05) is 36.2 Å². The number of epoxide rings is 1. The fourth-order valence-electron chi connectivity index (χ4n) is 8.56. The largest absolute Gasteiger partial charge is 0.458 e. The predicted octanol–water partition coefficient (Wildman–Crippen LogP) is 1.81. The van der Waals surface area contributed by atoms with Crippen LogP contribution in [0.15, 0.2) is 39.3 Å². The van der Waals surface area contributed by atoms with Gasteiger partial charge in [-0.1, -0.05) is 13.8 Å². The number of ether oxygens (including phenoxy) is 2. The number of aliphatic hydroxyl groups excluding tert-OH is 1. The molecular formula is C26H32O8. The van der Waals surface area contributed by atoms with Crippen molar-refractivity contribution in [3.8, 4) is 0 Å².